The summed E-state index contributed by atoms with van der Waals surface area (Å²) in [4.78, 5) is 21.5. The number of likely N-dealkylation sites (N-methyl/N-ethyl adjacent to an activating group) is 1. The summed E-state index contributed by atoms with van der Waals surface area (Å²) in [6.07, 6.45) is 2.42. The molecule has 0 atom stereocenters. The summed E-state index contributed by atoms with van der Waals surface area (Å²) in [5.74, 6) is 0.943. The van der Waals surface area contributed by atoms with Gasteiger partial charge in [-0.3, -0.25) is 4.79 Å². The van der Waals surface area contributed by atoms with Gasteiger partial charge in [0.1, 0.15) is 5.02 Å². The van der Waals surface area contributed by atoms with Crippen LogP contribution < -0.4 is 15.5 Å². The Morgan fingerprint density at radius 1 is 1.56 bits per heavy atom. The maximum Gasteiger partial charge on any atom is 0.239 e. The zero-order valence-electron chi connectivity index (χ0n) is 10.8. The van der Waals surface area contributed by atoms with E-state index in [4.69, 9.17) is 11.6 Å². The number of hydrogen-bond acceptors (Lipinski definition) is 5. The molecule has 100 valence electrons. The zero-order chi connectivity index (χ0) is 13.5. The molecule has 0 aliphatic carbocycles. The quantitative estimate of drug-likeness (QED) is 0.812. The van der Waals surface area contributed by atoms with Crippen molar-refractivity contribution in [3.63, 3.8) is 0 Å². The molecule has 0 saturated carbocycles. The minimum Gasteiger partial charge on any atom is -0.357 e. The van der Waals surface area contributed by atoms with Crippen LogP contribution in [-0.4, -0.2) is 43.1 Å². The first kappa shape index (κ1) is 14.5. The van der Waals surface area contributed by atoms with E-state index in [0.29, 0.717) is 23.3 Å². The molecule has 0 radical (unpaired) electrons. The molecule has 0 saturated heterocycles. The van der Waals surface area contributed by atoms with Crippen LogP contribution in [0.15, 0.2) is 6.20 Å². The highest BCUT2D eigenvalue weighted by Gasteiger charge is 2.12. The third-order valence-electron chi connectivity index (χ3n) is 2.26. The molecule has 0 aliphatic rings. The van der Waals surface area contributed by atoms with Crippen molar-refractivity contribution in [1.29, 1.82) is 0 Å². The van der Waals surface area contributed by atoms with Crippen molar-refractivity contribution in [2.24, 2.45) is 0 Å². The Bertz CT molecular complexity index is 412. The van der Waals surface area contributed by atoms with Crippen LogP contribution in [0.1, 0.15) is 13.3 Å². The smallest absolute Gasteiger partial charge is 0.239 e. The Morgan fingerprint density at radius 3 is 2.89 bits per heavy atom. The van der Waals surface area contributed by atoms with Gasteiger partial charge in [-0.2, -0.15) is 4.98 Å². The van der Waals surface area contributed by atoms with Crippen LogP contribution in [0.2, 0.25) is 5.02 Å². The molecule has 0 aromatic carbocycles. The standard InChI is InChI=1S/C11H18ClN5O/c1-4-5-14-9(18)7-17(3)10-8(12)6-15-11(13-2)16-10/h6H,4-5,7H2,1-3H3,(H,14,18)(H,13,15,16). The van der Waals surface area contributed by atoms with E-state index in [1.807, 2.05) is 6.92 Å². The van der Waals surface area contributed by atoms with Gasteiger partial charge in [-0.25, -0.2) is 4.98 Å². The predicted molar refractivity (Wildman–Crippen MR) is 73.2 cm³/mol. The molecule has 1 rings (SSSR count). The first-order chi connectivity index (χ1) is 8.58. The summed E-state index contributed by atoms with van der Waals surface area (Å²) >= 11 is 6.01. The summed E-state index contributed by atoms with van der Waals surface area (Å²) in [7, 11) is 3.49. The van der Waals surface area contributed by atoms with E-state index < -0.39 is 0 Å². The molecule has 0 spiro atoms. The zero-order valence-corrected chi connectivity index (χ0v) is 11.6. The molecule has 18 heavy (non-hydrogen) atoms. The van der Waals surface area contributed by atoms with Gasteiger partial charge in [-0.15, -0.1) is 0 Å². The highest BCUT2D eigenvalue weighted by atomic mass is 35.5. The molecular weight excluding hydrogens is 254 g/mol. The van der Waals surface area contributed by atoms with E-state index >= 15 is 0 Å². The molecule has 0 bridgehead atoms. The molecule has 1 heterocycles. The Labute approximate surface area is 112 Å². The average Bonchev–Trinajstić information content (AvgIpc) is 2.36. The maximum atomic E-state index is 11.6. The molecule has 1 aromatic rings. The number of aromatic nitrogens is 2. The fraction of sp³-hybridized carbons (Fsp3) is 0.545. The van der Waals surface area contributed by atoms with Crippen LogP contribution in [0.4, 0.5) is 11.8 Å². The van der Waals surface area contributed by atoms with Crippen molar-refractivity contribution in [2.45, 2.75) is 13.3 Å². The molecule has 2 N–H and O–H groups in total. The van der Waals surface area contributed by atoms with Crippen LogP contribution >= 0.6 is 11.6 Å². The molecule has 7 heteroatoms. The number of anilines is 2. The van der Waals surface area contributed by atoms with Gasteiger partial charge in [0.2, 0.25) is 11.9 Å². The molecular formula is C11H18ClN5O. The Kier molecular flexibility index (Phi) is 5.64. The Balaban J connectivity index is 2.71. The fourth-order valence-electron chi connectivity index (χ4n) is 1.36. The molecule has 6 nitrogen and oxygen atoms in total. The predicted octanol–water partition coefficient (Wildman–Crippen LogP) is 1.13. The number of halogens is 1. The van der Waals surface area contributed by atoms with Gasteiger partial charge in [0, 0.05) is 20.6 Å². The van der Waals surface area contributed by atoms with Crippen molar-refractivity contribution in [1.82, 2.24) is 15.3 Å². The van der Waals surface area contributed by atoms with Crippen LogP contribution in [-0.2, 0) is 4.79 Å². The number of nitrogens with zero attached hydrogens (tertiary/aromatic N) is 3. The number of hydrogen-bond donors (Lipinski definition) is 2. The summed E-state index contributed by atoms with van der Waals surface area (Å²) in [6.45, 7) is 2.89. The van der Waals surface area contributed by atoms with Gasteiger partial charge >= 0.3 is 0 Å². The van der Waals surface area contributed by atoms with Gasteiger partial charge in [0.05, 0.1) is 12.7 Å². The van der Waals surface area contributed by atoms with Gasteiger partial charge < -0.3 is 15.5 Å². The fourth-order valence-corrected chi connectivity index (χ4v) is 1.59. The van der Waals surface area contributed by atoms with Gasteiger partial charge in [-0.05, 0) is 6.42 Å². The first-order valence-electron chi connectivity index (χ1n) is 5.76. The molecule has 0 fully saturated rings. The number of carbonyl (C=O) groups is 1. The summed E-state index contributed by atoms with van der Waals surface area (Å²) in [5, 5.41) is 6.04. The summed E-state index contributed by atoms with van der Waals surface area (Å²) in [5.41, 5.74) is 0. The SMILES string of the molecule is CCCNC(=O)CN(C)c1nc(NC)ncc1Cl. The van der Waals surface area contributed by atoms with E-state index in [9.17, 15) is 4.79 Å². The lowest BCUT2D eigenvalue weighted by Gasteiger charge is -2.19. The Morgan fingerprint density at radius 2 is 2.28 bits per heavy atom. The highest BCUT2D eigenvalue weighted by molar-refractivity contribution is 6.32. The van der Waals surface area contributed by atoms with Crippen molar-refractivity contribution >= 4 is 29.3 Å². The average molecular weight is 272 g/mol. The lowest BCUT2D eigenvalue weighted by molar-refractivity contribution is -0.119. The summed E-state index contributed by atoms with van der Waals surface area (Å²) < 4.78 is 0. The summed E-state index contributed by atoms with van der Waals surface area (Å²) in [6, 6.07) is 0. The van der Waals surface area contributed by atoms with Crippen molar-refractivity contribution in [3.8, 4) is 0 Å². The van der Waals surface area contributed by atoms with Crippen molar-refractivity contribution in [3.05, 3.63) is 11.2 Å². The van der Waals surface area contributed by atoms with Crippen LogP contribution in [0.3, 0.4) is 0 Å². The molecule has 1 aromatic heterocycles. The minimum atomic E-state index is -0.0555. The van der Waals surface area contributed by atoms with E-state index in [1.165, 1.54) is 6.20 Å². The van der Waals surface area contributed by atoms with Gasteiger partial charge in [-0.1, -0.05) is 18.5 Å². The van der Waals surface area contributed by atoms with E-state index in [1.54, 1.807) is 19.0 Å². The highest BCUT2D eigenvalue weighted by Crippen LogP contribution is 2.22. The van der Waals surface area contributed by atoms with Crippen molar-refractivity contribution < 1.29 is 4.79 Å². The second kappa shape index (κ2) is 7.00. The van der Waals surface area contributed by atoms with Gasteiger partial charge in [0.25, 0.3) is 0 Å². The number of nitrogens with one attached hydrogen (secondary N) is 2. The molecule has 1 amide bonds. The third kappa shape index (κ3) is 4.03. The van der Waals surface area contributed by atoms with E-state index in [-0.39, 0.29) is 12.5 Å². The van der Waals surface area contributed by atoms with Crippen LogP contribution in [0.5, 0.6) is 0 Å². The minimum absolute atomic E-state index is 0.0555. The van der Waals surface area contributed by atoms with Crippen LogP contribution in [0, 0.1) is 0 Å². The normalized spacial score (nSPS) is 10.0. The lowest BCUT2D eigenvalue weighted by atomic mass is 10.4. The maximum absolute atomic E-state index is 11.6. The second-order valence-corrected chi connectivity index (χ2v) is 4.23. The lowest BCUT2D eigenvalue weighted by Crippen LogP contribution is -2.36. The molecule has 0 unspecified atom stereocenters. The van der Waals surface area contributed by atoms with Crippen LogP contribution in [0.25, 0.3) is 0 Å². The number of amides is 1. The first-order valence-corrected chi connectivity index (χ1v) is 6.14. The topological polar surface area (TPSA) is 70.2 Å². The Hall–Kier alpha value is -1.56. The van der Waals surface area contributed by atoms with E-state index in [0.717, 1.165) is 6.42 Å². The monoisotopic (exact) mass is 271 g/mol. The third-order valence-corrected chi connectivity index (χ3v) is 2.53. The molecule has 0 aliphatic heterocycles. The van der Waals surface area contributed by atoms with Gasteiger partial charge in [0.15, 0.2) is 5.82 Å². The van der Waals surface area contributed by atoms with E-state index in [2.05, 4.69) is 20.6 Å². The largest absolute Gasteiger partial charge is 0.357 e. The number of carbonyl (C=O) groups excluding carboxylic acids is 1. The second-order valence-electron chi connectivity index (χ2n) is 3.82. The van der Waals surface area contributed by atoms with Crippen molar-refractivity contribution in [2.75, 3.05) is 37.4 Å². The number of rotatable bonds is 6.